The maximum atomic E-state index is 13.4. The molecule has 8 heteroatoms. The first kappa shape index (κ1) is 35.9. The molecule has 52 heavy (non-hydrogen) atoms. The highest BCUT2D eigenvalue weighted by atomic mass is 16.2. The Morgan fingerprint density at radius 1 is 0.712 bits per heavy atom. The monoisotopic (exact) mass is 700 g/mol. The molecule has 4 bridgehead atoms. The normalized spacial score (nSPS) is 20.0. The van der Waals surface area contributed by atoms with Crippen LogP contribution in [0.5, 0.6) is 0 Å². The number of pyridine rings is 2. The third kappa shape index (κ3) is 7.81. The SMILES string of the molecule is CC(C)c1cc2ccc3nc2n1CCCCCCCC(=O)NC3CCC(C)c1cc2ccc3nc2n1CCCCCc1ccccc1C(=O)NC3C. The van der Waals surface area contributed by atoms with E-state index in [0.717, 1.165) is 116 Å². The largest absolute Gasteiger partial charge is 0.348 e. The topological polar surface area (TPSA) is 93.8 Å². The first-order chi connectivity index (χ1) is 25.3. The molecule has 4 aromatic heterocycles. The lowest BCUT2D eigenvalue weighted by Gasteiger charge is -2.22. The van der Waals surface area contributed by atoms with Gasteiger partial charge in [0.1, 0.15) is 11.3 Å². The van der Waals surface area contributed by atoms with Gasteiger partial charge in [-0.25, -0.2) is 9.97 Å². The Labute approximate surface area is 308 Å². The van der Waals surface area contributed by atoms with Gasteiger partial charge in [0.15, 0.2) is 0 Å². The number of carbonyl (C=O) groups excluding carboxylic acids is 2. The number of aryl methyl sites for hydroxylation is 3. The highest BCUT2D eigenvalue weighted by Crippen LogP contribution is 2.33. The van der Waals surface area contributed by atoms with Crippen LogP contribution in [0.4, 0.5) is 0 Å². The Bertz CT molecular complexity index is 2040. The van der Waals surface area contributed by atoms with Crippen LogP contribution >= 0.6 is 0 Å². The van der Waals surface area contributed by atoms with E-state index in [9.17, 15) is 9.59 Å². The van der Waals surface area contributed by atoms with Crippen molar-refractivity contribution in [2.75, 3.05) is 0 Å². The van der Waals surface area contributed by atoms with Crippen LogP contribution in [0.15, 0.2) is 60.7 Å². The predicted octanol–water partition coefficient (Wildman–Crippen LogP) is 9.82. The summed E-state index contributed by atoms with van der Waals surface area (Å²) in [5, 5.41) is 8.94. The Morgan fingerprint density at radius 3 is 2.10 bits per heavy atom. The van der Waals surface area contributed by atoms with E-state index in [1.807, 2.05) is 25.1 Å². The summed E-state index contributed by atoms with van der Waals surface area (Å²) in [6, 6.07) is 20.8. The highest BCUT2D eigenvalue weighted by molar-refractivity contribution is 5.96. The van der Waals surface area contributed by atoms with E-state index in [-0.39, 0.29) is 29.8 Å². The number of nitrogens with zero attached hydrogens (tertiary/aromatic N) is 4. The Hall–Kier alpha value is -4.46. The minimum absolute atomic E-state index is 0.0428. The molecule has 3 atom stereocenters. The molecule has 1 aromatic carbocycles. The summed E-state index contributed by atoms with van der Waals surface area (Å²) in [6.07, 6.45) is 11.8. The van der Waals surface area contributed by atoms with Gasteiger partial charge in [-0.2, -0.15) is 0 Å². The summed E-state index contributed by atoms with van der Waals surface area (Å²) in [6.45, 7) is 10.7. The van der Waals surface area contributed by atoms with Gasteiger partial charge >= 0.3 is 0 Å². The smallest absolute Gasteiger partial charge is 0.252 e. The van der Waals surface area contributed by atoms with Crippen molar-refractivity contribution in [3.63, 3.8) is 0 Å². The number of fused-ring (bicyclic) bond motifs is 3. The van der Waals surface area contributed by atoms with Crippen molar-refractivity contribution in [1.82, 2.24) is 29.7 Å². The summed E-state index contributed by atoms with van der Waals surface area (Å²) in [5.74, 6) is 0.739. The van der Waals surface area contributed by atoms with Gasteiger partial charge in [0.25, 0.3) is 5.91 Å². The average molecular weight is 701 g/mol. The summed E-state index contributed by atoms with van der Waals surface area (Å²) in [7, 11) is 0. The number of rotatable bonds is 5. The third-order valence-electron chi connectivity index (χ3n) is 11.4. The number of hydrogen-bond donors (Lipinski definition) is 2. The lowest BCUT2D eigenvalue weighted by atomic mass is 9.96. The van der Waals surface area contributed by atoms with Gasteiger partial charge < -0.3 is 19.8 Å². The fourth-order valence-corrected chi connectivity index (χ4v) is 8.40. The van der Waals surface area contributed by atoms with Crippen LogP contribution in [0.1, 0.15) is 161 Å². The molecule has 0 spiro atoms. The molecule has 0 saturated heterocycles. The molecule has 0 aliphatic carbocycles. The van der Waals surface area contributed by atoms with Gasteiger partial charge in [0, 0.05) is 47.2 Å². The summed E-state index contributed by atoms with van der Waals surface area (Å²) >= 11 is 0. The molecule has 6 heterocycles. The predicted molar refractivity (Wildman–Crippen MR) is 210 cm³/mol. The Balaban J connectivity index is 1.17. The number of hydrogen-bond acceptors (Lipinski definition) is 4. The number of nitrogens with one attached hydrogen (secondary N) is 2. The summed E-state index contributed by atoms with van der Waals surface area (Å²) < 4.78 is 4.86. The fraction of sp³-hybridized carbons (Fsp3) is 0.500. The van der Waals surface area contributed by atoms with Crippen molar-refractivity contribution in [3.05, 3.63) is 94.6 Å². The lowest BCUT2D eigenvalue weighted by Crippen LogP contribution is -2.29. The molecule has 7 rings (SSSR count). The Kier molecular flexibility index (Phi) is 11.1. The minimum atomic E-state index is -0.224. The molecule has 8 nitrogen and oxygen atoms in total. The van der Waals surface area contributed by atoms with Crippen LogP contribution in [-0.4, -0.2) is 30.9 Å². The molecule has 2 N–H and O–H groups in total. The molecule has 2 aliphatic heterocycles. The first-order valence-corrected chi connectivity index (χ1v) is 19.9. The standard InChI is InChI=1S/C44H56N6O2/c1-29(2)39-27-33-21-24-38-37(46-41(51)18-10-6-5-7-13-25-49(39)43(33)48-38)22-19-30(3)40-28-34-20-23-36-31(4)45-44(52)35-17-12-11-16-32(35)15-9-8-14-26-50(40)42(34)47-36/h11-12,16-17,20-21,23-24,27-31,37H,5-10,13-15,18-19,22,25-26H2,1-4H3,(H,45,52)(H,46,51). The maximum absolute atomic E-state index is 13.4. The van der Waals surface area contributed by atoms with Crippen LogP contribution in [0.25, 0.3) is 22.1 Å². The fourth-order valence-electron chi connectivity index (χ4n) is 8.40. The number of amides is 2. The van der Waals surface area contributed by atoms with Crippen LogP contribution in [-0.2, 0) is 24.3 Å². The molecule has 0 fully saturated rings. The average Bonchev–Trinajstić information content (AvgIpc) is 3.70. The molecule has 0 saturated carbocycles. The van der Waals surface area contributed by atoms with Crippen molar-refractivity contribution < 1.29 is 9.59 Å². The van der Waals surface area contributed by atoms with E-state index in [4.69, 9.17) is 9.97 Å². The molecule has 3 unspecified atom stereocenters. The van der Waals surface area contributed by atoms with E-state index >= 15 is 0 Å². The van der Waals surface area contributed by atoms with E-state index in [0.29, 0.717) is 12.3 Å². The molecule has 5 aromatic rings. The van der Waals surface area contributed by atoms with Crippen LogP contribution in [0.2, 0.25) is 0 Å². The molecule has 2 amide bonds. The van der Waals surface area contributed by atoms with Crippen LogP contribution in [0.3, 0.4) is 0 Å². The summed E-state index contributed by atoms with van der Waals surface area (Å²) in [5.41, 5.74) is 8.33. The van der Waals surface area contributed by atoms with E-state index < -0.39 is 0 Å². The van der Waals surface area contributed by atoms with Gasteiger partial charge in [0.05, 0.1) is 23.5 Å². The Morgan fingerprint density at radius 2 is 1.33 bits per heavy atom. The zero-order valence-electron chi connectivity index (χ0n) is 31.6. The number of aromatic nitrogens is 4. The van der Waals surface area contributed by atoms with Crippen molar-refractivity contribution in [2.24, 2.45) is 0 Å². The van der Waals surface area contributed by atoms with Crippen LogP contribution < -0.4 is 10.6 Å². The minimum Gasteiger partial charge on any atom is -0.348 e. The van der Waals surface area contributed by atoms with E-state index in [2.05, 4.69) is 83.0 Å². The van der Waals surface area contributed by atoms with E-state index in [1.165, 1.54) is 23.2 Å². The second-order valence-electron chi connectivity index (χ2n) is 15.7. The quantitative estimate of drug-likeness (QED) is 0.191. The van der Waals surface area contributed by atoms with E-state index in [1.54, 1.807) is 0 Å². The highest BCUT2D eigenvalue weighted by Gasteiger charge is 2.24. The molecular weight excluding hydrogens is 645 g/mol. The van der Waals surface area contributed by atoms with Gasteiger partial charge in [-0.15, -0.1) is 0 Å². The van der Waals surface area contributed by atoms with Crippen molar-refractivity contribution >= 4 is 33.9 Å². The van der Waals surface area contributed by atoms with Gasteiger partial charge in [0.2, 0.25) is 5.91 Å². The number of benzene rings is 1. The maximum Gasteiger partial charge on any atom is 0.252 e. The van der Waals surface area contributed by atoms with Gasteiger partial charge in [-0.3, -0.25) is 9.59 Å². The van der Waals surface area contributed by atoms with Gasteiger partial charge in [-0.05, 0) is 112 Å². The zero-order chi connectivity index (χ0) is 36.2. The van der Waals surface area contributed by atoms with Crippen molar-refractivity contribution in [1.29, 1.82) is 0 Å². The first-order valence-electron chi connectivity index (χ1n) is 19.9. The molecule has 2 aliphatic rings. The number of carbonyl (C=O) groups is 2. The van der Waals surface area contributed by atoms with Gasteiger partial charge in [-0.1, -0.05) is 64.7 Å². The molecule has 0 radical (unpaired) electrons. The van der Waals surface area contributed by atoms with Crippen LogP contribution in [0, 0.1) is 0 Å². The molecular formula is C44H56N6O2. The van der Waals surface area contributed by atoms with Crippen molar-refractivity contribution in [2.45, 2.75) is 142 Å². The zero-order valence-corrected chi connectivity index (χ0v) is 31.6. The second-order valence-corrected chi connectivity index (χ2v) is 15.7. The summed E-state index contributed by atoms with van der Waals surface area (Å²) in [4.78, 5) is 37.2. The lowest BCUT2D eigenvalue weighted by molar-refractivity contribution is -0.122. The second kappa shape index (κ2) is 16.1. The third-order valence-corrected chi connectivity index (χ3v) is 11.4. The van der Waals surface area contributed by atoms with Crippen molar-refractivity contribution in [3.8, 4) is 0 Å². The molecule has 274 valence electrons.